The molecular weight excluding hydrogens is 483 g/mol. The number of rotatable bonds is 10. The van der Waals surface area contributed by atoms with Gasteiger partial charge in [0.15, 0.2) is 0 Å². The monoisotopic (exact) mass is 518 g/mol. The number of aryl methyl sites for hydroxylation is 1. The predicted octanol–water partition coefficient (Wildman–Crippen LogP) is 3.22. The summed E-state index contributed by atoms with van der Waals surface area (Å²) in [6.07, 6.45) is 3.92. The van der Waals surface area contributed by atoms with Gasteiger partial charge in [0.05, 0.1) is 5.69 Å². The number of carbonyl (C=O) groups excluding carboxylic acids is 2. The molecule has 1 saturated carbocycles. The van der Waals surface area contributed by atoms with Gasteiger partial charge < -0.3 is 10.2 Å². The standard InChI is InChI=1S/C26H35FN4O4S/c1-19-9-5-6-10-21(19)17-30(20(2)26(33)28-23-11-7-8-12-23)25(32)18-31(36(34,35)29(3)4)24-15-13-22(27)14-16-24/h5-6,9-10,13-16,20,23H,7-8,11-12,17-18H2,1-4H3,(H,28,33)/t20-/m0/s1. The Labute approximate surface area is 213 Å². The second kappa shape index (κ2) is 11.8. The molecule has 36 heavy (non-hydrogen) atoms. The molecule has 1 N–H and O–H groups in total. The average molecular weight is 519 g/mol. The van der Waals surface area contributed by atoms with Crippen molar-refractivity contribution in [3.05, 3.63) is 65.5 Å². The summed E-state index contributed by atoms with van der Waals surface area (Å²) >= 11 is 0. The Bertz CT molecular complexity index is 1160. The summed E-state index contributed by atoms with van der Waals surface area (Å²) in [5, 5.41) is 3.04. The Morgan fingerprint density at radius 3 is 2.25 bits per heavy atom. The van der Waals surface area contributed by atoms with Crippen molar-refractivity contribution in [2.24, 2.45) is 0 Å². The molecule has 8 nitrogen and oxygen atoms in total. The van der Waals surface area contributed by atoms with Gasteiger partial charge in [-0.1, -0.05) is 37.1 Å². The largest absolute Gasteiger partial charge is 0.352 e. The van der Waals surface area contributed by atoms with Gasteiger partial charge in [0.2, 0.25) is 11.8 Å². The van der Waals surface area contributed by atoms with Crippen molar-refractivity contribution < 1.29 is 22.4 Å². The Morgan fingerprint density at radius 1 is 1.06 bits per heavy atom. The third kappa shape index (κ3) is 6.61. The van der Waals surface area contributed by atoms with Gasteiger partial charge >= 0.3 is 10.2 Å². The number of benzene rings is 2. The van der Waals surface area contributed by atoms with Crippen molar-refractivity contribution in [2.45, 2.75) is 58.2 Å². The molecule has 2 aromatic carbocycles. The molecule has 1 fully saturated rings. The lowest BCUT2D eigenvalue weighted by Crippen LogP contribution is -2.53. The molecule has 196 valence electrons. The fraction of sp³-hybridized carbons (Fsp3) is 0.462. The molecule has 0 saturated heterocycles. The Hall–Kier alpha value is -2.98. The van der Waals surface area contributed by atoms with E-state index < -0.39 is 34.5 Å². The third-order valence-electron chi connectivity index (χ3n) is 6.60. The van der Waals surface area contributed by atoms with Gasteiger partial charge in [-0.25, -0.2) is 8.70 Å². The van der Waals surface area contributed by atoms with Gasteiger partial charge in [-0.3, -0.25) is 9.59 Å². The third-order valence-corrected chi connectivity index (χ3v) is 8.42. The maximum Gasteiger partial charge on any atom is 0.304 e. The maximum atomic E-state index is 13.7. The lowest BCUT2D eigenvalue weighted by Gasteiger charge is -2.33. The summed E-state index contributed by atoms with van der Waals surface area (Å²) < 4.78 is 41.7. The minimum Gasteiger partial charge on any atom is -0.352 e. The Morgan fingerprint density at radius 2 is 1.67 bits per heavy atom. The molecular formula is C26H35FN4O4S. The van der Waals surface area contributed by atoms with E-state index in [0.29, 0.717) is 0 Å². The molecule has 0 unspecified atom stereocenters. The zero-order chi connectivity index (χ0) is 26.5. The van der Waals surface area contributed by atoms with Gasteiger partial charge in [-0.05, 0) is 62.1 Å². The van der Waals surface area contributed by atoms with E-state index in [-0.39, 0.29) is 24.2 Å². The molecule has 1 aliphatic carbocycles. The van der Waals surface area contributed by atoms with Gasteiger partial charge in [-0.2, -0.15) is 12.7 Å². The molecule has 2 aromatic rings. The summed E-state index contributed by atoms with van der Waals surface area (Å²) in [4.78, 5) is 28.3. The van der Waals surface area contributed by atoms with Crippen molar-refractivity contribution >= 4 is 27.7 Å². The van der Waals surface area contributed by atoms with Crippen molar-refractivity contribution in [2.75, 3.05) is 24.9 Å². The number of hydrogen-bond donors (Lipinski definition) is 1. The van der Waals surface area contributed by atoms with Crippen molar-refractivity contribution in [1.29, 1.82) is 0 Å². The smallest absolute Gasteiger partial charge is 0.304 e. The van der Waals surface area contributed by atoms with Crippen LogP contribution in [0, 0.1) is 12.7 Å². The van der Waals surface area contributed by atoms with Crippen LogP contribution in [0.25, 0.3) is 0 Å². The molecule has 0 spiro atoms. The first kappa shape index (κ1) is 27.6. The predicted molar refractivity (Wildman–Crippen MR) is 138 cm³/mol. The van der Waals surface area contributed by atoms with Gasteiger partial charge in [0, 0.05) is 26.7 Å². The first-order valence-corrected chi connectivity index (χ1v) is 13.5. The minimum atomic E-state index is -4.08. The summed E-state index contributed by atoms with van der Waals surface area (Å²) in [7, 11) is -1.36. The number of amides is 2. The molecule has 0 aliphatic heterocycles. The number of anilines is 1. The Kier molecular flexibility index (Phi) is 9.08. The molecule has 0 radical (unpaired) electrons. The topological polar surface area (TPSA) is 90.0 Å². The molecule has 1 atom stereocenters. The highest BCUT2D eigenvalue weighted by Crippen LogP contribution is 2.22. The van der Waals surface area contributed by atoms with Crippen LogP contribution in [0.2, 0.25) is 0 Å². The zero-order valence-corrected chi connectivity index (χ0v) is 22.1. The quantitative estimate of drug-likeness (QED) is 0.523. The second-order valence-corrected chi connectivity index (χ2v) is 11.5. The van der Waals surface area contributed by atoms with Crippen LogP contribution >= 0.6 is 0 Å². The normalized spacial score (nSPS) is 15.1. The van der Waals surface area contributed by atoms with E-state index in [0.717, 1.165) is 57.6 Å². The fourth-order valence-corrected chi connectivity index (χ4v) is 5.33. The SMILES string of the molecule is Cc1ccccc1CN(C(=O)CN(c1ccc(F)cc1)S(=O)(=O)N(C)C)[C@@H](C)C(=O)NC1CCCC1. The molecule has 2 amide bonds. The fourth-order valence-electron chi connectivity index (χ4n) is 4.27. The van der Waals surface area contributed by atoms with Crippen molar-refractivity contribution in [3.8, 4) is 0 Å². The molecule has 1 aliphatic rings. The van der Waals surface area contributed by atoms with E-state index in [2.05, 4.69) is 5.32 Å². The Balaban J connectivity index is 1.93. The lowest BCUT2D eigenvalue weighted by atomic mass is 10.1. The number of nitrogens with zero attached hydrogens (tertiary/aromatic N) is 3. The lowest BCUT2D eigenvalue weighted by molar-refractivity contribution is -0.139. The first-order chi connectivity index (χ1) is 17.0. The van der Waals surface area contributed by atoms with E-state index in [1.807, 2.05) is 31.2 Å². The van der Waals surface area contributed by atoms with E-state index in [4.69, 9.17) is 0 Å². The van der Waals surface area contributed by atoms with Crippen LogP contribution in [0.15, 0.2) is 48.5 Å². The van der Waals surface area contributed by atoms with E-state index in [1.165, 1.54) is 31.1 Å². The highest BCUT2D eigenvalue weighted by atomic mass is 32.2. The van der Waals surface area contributed by atoms with Crippen LogP contribution in [0.5, 0.6) is 0 Å². The molecule has 10 heteroatoms. The molecule has 3 rings (SSSR count). The molecule has 0 bridgehead atoms. The average Bonchev–Trinajstić information content (AvgIpc) is 3.35. The number of nitrogens with one attached hydrogen (secondary N) is 1. The van der Waals surface area contributed by atoms with E-state index in [1.54, 1.807) is 6.92 Å². The van der Waals surface area contributed by atoms with E-state index in [9.17, 15) is 22.4 Å². The van der Waals surface area contributed by atoms with Crippen LogP contribution in [-0.2, 0) is 26.3 Å². The van der Waals surface area contributed by atoms with Crippen LogP contribution < -0.4 is 9.62 Å². The van der Waals surface area contributed by atoms with Crippen molar-refractivity contribution in [1.82, 2.24) is 14.5 Å². The van der Waals surface area contributed by atoms with Gasteiger partial charge in [0.1, 0.15) is 18.4 Å². The number of hydrogen-bond acceptors (Lipinski definition) is 4. The van der Waals surface area contributed by atoms with Gasteiger partial charge in [0.25, 0.3) is 0 Å². The summed E-state index contributed by atoms with van der Waals surface area (Å²) in [6, 6.07) is 11.7. The van der Waals surface area contributed by atoms with Crippen LogP contribution in [0.1, 0.15) is 43.7 Å². The maximum absolute atomic E-state index is 13.7. The summed E-state index contributed by atoms with van der Waals surface area (Å²) in [5.41, 5.74) is 1.96. The first-order valence-electron chi connectivity index (χ1n) is 12.1. The van der Waals surface area contributed by atoms with Crippen molar-refractivity contribution in [3.63, 3.8) is 0 Å². The van der Waals surface area contributed by atoms with Crippen LogP contribution in [0.3, 0.4) is 0 Å². The van der Waals surface area contributed by atoms with Gasteiger partial charge in [-0.15, -0.1) is 0 Å². The van der Waals surface area contributed by atoms with Crippen LogP contribution in [0.4, 0.5) is 10.1 Å². The second-order valence-electron chi connectivity index (χ2n) is 9.39. The number of halogens is 1. The summed E-state index contributed by atoms with van der Waals surface area (Å²) in [6.45, 7) is 3.18. The minimum absolute atomic E-state index is 0.0835. The molecule has 0 heterocycles. The highest BCUT2D eigenvalue weighted by Gasteiger charge is 2.33. The zero-order valence-electron chi connectivity index (χ0n) is 21.3. The van der Waals surface area contributed by atoms with E-state index >= 15 is 0 Å². The molecule has 0 aromatic heterocycles. The van der Waals surface area contributed by atoms with Crippen LogP contribution in [-0.4, -0.2) is 62.2 Å². The summed E-state index contributed by atoms with van der Waals surface area (Å²) in [5.74, 6) is -1.33. The highest BCUT2D eigenvalue weighted by molar-refractivity contribution is 7.90. The number of carbonyl (C=O) groups is 2.